The highest BCUT2D eigenvalue weighted by molar-refractivity contribution is 6.31. The van der Waals surface area contributed by atoms with E-state index in [9.17, 15) is 14.4 Å². The largest absolute Gasteiger partial charge is 0.493 e. The van der Waals surface area contributed by atoms with E-state index in [0.717, 1.165) is 30.4 Å². The fourth-order valence-electron chi connectivity index (χ4n) is 7.74. The Morgan fingerprint density at radius 3 is 2.58 bits per heavy atom. The molecule has 0 radical (unpaired) electrons. The first-order chi connectivity index (χ1) is 21.6. The molecule has 10 heteroatoms. The molecular formula is C35H42ClN3O6. The summed E-state index contributed by atoms with van der Waals surface area (Å²) in [5.41, 5.74) is 1.13. The molecule has 0 aromatic heterocycles. The molecule has 2 N–H and O–H groups in total. The molecule has 9 nitrogen and oxygen atoms in total. The monoisotopic (exact) mass is 635 g/mol. The van der Waals surface area contributed by atoms with Crippen LogP contribution in [0.2, 0.25) is 5.02 Å². The van der Waals surface area contributed by atoms with Gasteiger partial charge in [-0.2, -0.15) is 0 Å². The number of methoxy groups -OCH3 is 2. The second kappa shape index (κ2) is 12.3. The number of rotatable bonds is 9. The number of hydrogen-bond donors (Lipinski definition) is 2. The SMILES string of the molecule is COc1ccc(CCN2C(=O)[C@H]3[C@H](C(=O)Nc4ccc(C)c(Cl)c4)[C@H]4C=C[C@@]3(O4)[C@@H]2C(=O)N[C@@H]2CCC[C@H](C)[C@H]2C)cc1OC. The van der Waals surface area contributed by atoms with Gasteiger partial charge < -0.3 is 29.7 Å². The van der Waals surface area contributed by atoms with E-state index >= 15 is 0 Å². The zero-order chi connectivity index (χ0) is 32.0. The third-order valence-electron chi connectivity index (χ3n) is 10.5. The number of halogens is 1. The molecule has 3 amide bonds. The molecule has 6 rings (SSSR count). The number of hydrogen-bond acceptors (Lipinski definition) is 6. The maximum absolute atomic E-state index is 14.4. The van der Waals surface area contributed by atoms with E-state index in [4.69, 9.17) is 25.8 Å². The number of amides is 3. The molecule has 0 unspecified atom stereocenters. The van der Waals surface area contributed by atoms with Gasteiger partial charge in [0.15, 0.2) is 11.5 Å². The maximum atomic E-state index is 14.4. The number of fused-ring (bicyclic) bond motifs is 1. The first kappa shape index (κ1) is 31.4. The summed E-state index contributed by atoms with van der Waals surface area (Å²) in [6.07, 6.45) is 6.61. The molecule has 3 heterocycles. The van der Waals surface area contributed by atoms with E-state index in [2.05, 4.69) is 24.5 Å². The van der Waals surface area contributed by atoms with Crippen LogP contribution in [-0.2, 0) is 25.5 Å². The normalized spacial score (nSPS) is 31.6. The molecule has 2 bridgehead atoms. The Morgan fingerprint density at radius 1 is 1.07 bits per heavy atom. The highest BCUT2D eigenvalue weighted by Crippen LogP contribution is 2.55. The van der Waals surface area contributed by atoms with Crippen LogP contribution in [0, 0.1) is 30.6 Å². The molecule has 2 saturated heterocycles. The van der Waals surface area contributed by atoms with Crippen LogP contribution in [0.5, 0.6) is 11.5 Å². The lowest BCUT2D eigenvalue weighted by molar-refractivity contribution is -0.141. The fraction of sp³-hybridized carbons (Fsp3) is 0.514. The van der Waals surface area contributed by atoms with Crippen LogP contribution >= 0.6 is 11.6 Å². The van der Waals surface area contributed by atoms with Crippen LogP contribution in [0.4, 0.5) is 5.69 Å². The van der Waals surface area contributed by atoms with Gasteiger partial charge >= 0.3 is 0 Å². The highest BCUT2D eigenvalue weighted by Gasteiger charge is 2.72. The van der Waals surface area contributed by atoms with E-state index in [1.54, 1.807) is 31.3 Å². The Labute approximate surface area is 269 Å². The lowest BCUT2D eigenvalue weighted by Crippen LogP contribution is -2.58. The predicted molar refractivity (Wildman–Crippen MR) is 171 cm³/mol. The lowest BCUT2D eigenvalue weighted by atomic mass is 9.73. The molecule has 2 aromatic rings. The van der Waals surface area contributed by atoms with Crippen molar-refractivity contribution in [3.8, 4) is 11.5 Å². The van der Waals surface area contributed by atoms with Gasteiger partial charge in [-0.3, -0.25) is 14.4 Å². The van der Waals surface area contributed by atoms with Crippen molar-refractivity contribution in [2.24, 2.45) is 23.7 Å². The zero-order valence-electron chi connectivity index (χ0n) is 26.5. The lowest BCUT2D eigenvalue weighted by Gasteiger charge is -2.38. The summed E-state index contributed by atoms with van der Waals surface area (Å²) < 4.78 is 17.4. The number of nitrogens with zero attached hydrogens (tertiary/aromatic N) is 1. The van der Waals surface area contributed by atoms with E-state index in [-0.39, 0.29) is 30.3 Å². The van der Waals surface area contributed by atoms with Crippen LogP contribution in [0.1, 0.15) is 44.2 Å². The van der Waals surface area contributed by atoms with Crippen molar-refractivity contribution < 1.29 is 28.6 Å². The van der Waals surface area contributed by atoms with Crippen molar-refractivity contribution in [1.29, 1.82) is 0 Å². The number of benzene rings is 2. The smallest absolute Gasteiger partial charge is 0.246 e. The van der Waals surface area contributed by atoms with Gasteiger partial charge in [0.1, 0.15) is 11.6 Å². The average Bonchev–Trinajstić information content (AvgIpc) is 3.67. The average molecular weight is 636 g/mol. The summed E-state index contributed by atoms with van der Waals surface area (Å²) in [5, 5.41) is 6.80. The number of nitrogens with one attached hydrogen (secondary N) is 2. The Bertz CT molecular complexity index is 1530. The van der Waals surface area contributed by atoms with Crippen LogP contribution in [0.15, 0.2) is 48.6 Å². The number of ether oxygens (including phenoxy) is 3. The summed E-state index contributed by atoms with van der Waals surface area (Å²) in [6.45, 7) is 6.56. The molecular weight excluding hydrogens is 594 g/mol. The predicted octanol–water partition coefficient (Wildman–Crippen LogP) is 4.94. The summed E-state index contributed by atoms with van der Waals surface area (Å²) in [4.78, 5) is 44.1. The third-order valence-corrected chi connectivity index (χ3v) is 10.9. The van der Waals surface area contributed by atoms with Gasteiger partial charge in [-0.1, -0.05) is 62.6 Å². The van der Waals surface area contributed by atoms with E-state index in [1.165, 1.54) is 0 Å². The van der Waals surface area contributed by atoms with Crippen molar-refractivity contribution in [3.05, 3.63) is 64.7 Å². The van der Waals surface area contributed by atoms with Crippen molar-refractivity contribution in [1.82, 2.24) is 10.2 Å². The summed E-state index contributed by atoms with van der Waals surface area (Å²) in [5.74, 6) is -0.455. The second-order valence-electron chi connectivity index (χ2n) is 13.0. The molecule has 1 aliphatic carbocycles. The molecule has 45 heavy (non-hydrogen) atoms. The molecule has 8 atom stereocenters. The topological polar surface area (TPSA) is 106 Å². The first-order valence-electron chi connectivity index (χ1n) is 15.8. The molecule has 4 aliphatic rings. The number of aryl methyl sites for hydroxylation is 1. The zero-order valence-corrected chi connectivity index (χ0v) is 27.2. The van der Waals surface area contributed by atoms with Gasteiger partial charge in [-0.05, 0) is 67.0 Å². The summed E-state index contributed by atoms with van der Waals surface area (Å²) in [6, 6.07) is 10.0. The minimum Gasteiger partial charge on any atom is -0.493 e. The van der Waals surface area contributed by atoms with Crippen molar-refractivity contribution in [3.63, 3.8) is 0 Å². The minimum absolute atomic E-state index is 0.00691. The van der Waals surface area contributed by atoms with Crippen LogP contribution in [0.3, 0.4) is 0 Å². The molecule has 1 spiro atoms. The van der Waals surface area contributed by atoms with Gasteiger partial charge in [0.25, 0.3) is 0 Å². The Hall–Kier alpha value is -3.56. The van der Waals surface area contributed by atoms with Crippen LogP contribution in [-0.4, -0.2) is 67.2 Å². The third kappa shape index (κ3) is 5.48. The van der Waals surface area contributed by atoms with Gasteiger partial charge in [0.05, 0.1) is 32.2 Å². The molecule has 1 saturated carbocycles. The number of carbonyl (C=O) groups is 3. The van der Waals surface area contributed by atoms with Crippen LogP contribution in [0.25, 0.3) is 0 Å². The van der Waals surface area contributed by atoms with Gasteiger partial charge in [0, 0.05) is 23.3 Å². The van der Waals surface area contributed by atoms with E-state index in [1.807, 2.05) is 43.3 Å². The Kier molecular flexibility index (Phi) is 8.61. The number of carbonyl (C=O) groups excluding carboxylic acids is 3. The summed E-state index contributed by atoms with van der Waals surface area (Å²) >= 11 is 6.32. The van der Waals surface area contributed by atoms with Gasteiger partial charge in [-0.15, -0.1) is 0 Å². The summed E-state index contributed by atoms with van der Waals surface area (Å²) in [7, 11) is 3.16. The van der Waals surface area contributed by atoms with Crippen molar-refractivity contribution in [2.45, 2.75) is 70.2 Å². The molecule has 3 fully saturated rings. The Morgan fingerprint density at radius 2 is 1.84 bits per heavy atom. The molecule has 3 aliphatic heterocycles. The quantitative estimate of drug-likeness (QED) is 0.378. The highest BCUT2D eigenvalue weighted by atomic mass is 35.5. The first-order valence-corrected chi connectivity index (χ1v) is 16.2. The number of likely N-dealkylation sites (tertiary alicyclic amines) is 1. The maximum Gasteiger partial charge on any atom is 0.246 e. The Balaban J connectivity index is 1.30. The second-order valence-corrected chi connectivity index (χ2v) is 13.4. The standard InChI is InChI=1S/C35H42ClN3O6/c1-19-7-6-8-25(21(19)3)38-33(41)31-35-15-13-27(45-35)29(32(40)37-23-11-9-20(2)24(36)18-23)30(35)34(42)39(31)16-14-22-10-12-26(43-4)28(17-22)44-5/h9-13,15,17-19,21,25,27,29-31H,6-8,14,16H2,1-5H3,(H,37,40)(H,38,41)/t19-,21+,25+,27+,29+,30+,31-,35-/m0/s1. The van der Waals surface area contributed by atoms with Gasteiger partial charge in [0.2, 0.25) is 17.7 Å². The van der Waals surface area contributed by atoms with Crippen LogP contribution < -0.4 is 20.1 Å². The minimum atomic E-state index is -1.24. The number of anilines is 1. The van der Waals surface area contributed by atoms with Gasteiger partial charge in [-0.25, -0.2) is 0 Å². The molecule has 240 valence electrons. The van der Waals surface area contributed by atoms with Crippen molar-refractivity contribution in [2.75, 3.05) is 26.1 Å². The van der Waals surface area contributed by atoms with E-state index < -0.39 is 29.6 Å². The molecule has 2 aromatic carbocycles. The van der Waals surface area contributed by atoms with Crippen molar-refractivity contribution >= 4 is 35.0 Å². The van der Waals surface area contributed by atoms with E-state index in [0.29, 0.717) is 40.5 Å². The fourth-order valence-corrected chi connectivity index (χ4v) is 7.92.